The summed E-state index contributed by atoms with van der Waals surface area (Å²) < 4.78 is 28.3. The largest absolute Gasteiger partial charge is 0.480 e. The van der Waals surface area contributed by atoms with Crippen LogP contribution in [0.15, 0.2) is 24.3 Å². The molecule has 6 nitrogen and oxygen atoms in total. The number of nitrogens with zero attached hydrogens (tertiary/aromatic N) is 1. The lowest BCUT2D eigenvalue weighted by molar-refractivity contribution is -0.139. The third-order valence-corrected chi connectivity index (χ3v) is 3.12. The summed E-state index contributed by atoms with van der Waals surface area (Å²) in [6, 6.07) is 4.86. The Morgan fingerprint density at radius 2 is 1.91 bits per heavy atom. The summed E-state index contributed by atoms with van der Waals surface area (Å²) in [5, 5.41) is 11.5. The molecule has 0 saturated heterocycles. The van der Waals surface area contributed by atoms with Gasteiger partial charge in [-0.1, -0.05) is 6.92 Å². The van der Waals surface area contributed by atoms with E-state index in [0.29, 0.717) is 18.7 Å². The van der Waals surface area contributed by atoms with Gasteiger partial charge in [0.15, 0.2) is 0 Å². The van der Waals surface area contributed by atoms with Crippen LogP contribution in [-0.2, 0) is 9.59 Å². The van der Waals surface area contributed by atoms with Crippen LogP contribution in [0.5, 0.6) is 5.75 Å². The monoisotopic (exact) mass is 330 g/mol. The van der Waals surface area contributed by atoms with E-state index in [2.05, 4.69) is 10.1 Å². The summed E-state index contributed by atoms with van der Waals surface area (Å²) in [6.07, 6.45) is 0.713. The SMILES string of the molecule is CCCN(CC(=O)O)C(C)C(=O)Nc1ccc(OC(F)F)cc1. The van der Waals surface area contributed by atoms with Gasteiger partial charge < -0.3 is 15.2 Å². The summed E-state index contributed by atoms with van der Waals surface area (Å²) in [4.78, 5) is 24.6. The minimum Gasteiger partial charge on any atom is -0.480 e. The van der Waals surface area contributed by atoms with Crippen molar-refractivity contribution in [2.45, 2.75) is 32.9 Å². The van der Waals surface area contributed by atoms with Crippen LogP contribution in [0.2, 0.25) is 0 Å². The fourth-order valence-corrected chi connectivity index (χ4v) is 2.00. The molecular formula is C15H20F2N2O4. The van der Waals surface area contributed by atoms with Crippen molar-refractivity contribution in [2.24, 2.45) is 0 Å². The predicted octanol–water partition coefficient (Wildman–Crippen LogP) is 2.41. The van der Waals surface area contributed by atoms with E-state index in [4.69, 9.17) is 5.11 Å². The zero-order valence-corrected chi connectivity index (χ0v) is 13.0. The van der Waals surface area contributed by atoms with Crippen LogP contribution >= 0.6 is 0 Å². The lowest BCUT2D eigenvalue weighted by atomic mass is 10.2. The fraction of sp³-hybridized carbons (Fsp3) is 0.467. The smallest absolute Gasteiger partial charge is 0.387 e. The van der Waals surface area contributed by atoms with E-state index in [-0.39, 0.29) is 18.2 Å². The van der Waals surface area contributed by atoms with Crippen molar-refractivity contribution in [2.75, 3.05) is 18.4 Å². The van der Waals surface area contributed by atoms with Crippen LogP contribution in [0.4, 0.5) is 14.5 Å². The Morgan fingerprint density at radius 3 is 2.39 bits per heavy atom. The molecule has 1 amide bonds. The predicted molar refractivity (Wildman–Crippen MR) is 80.7 cm³/mol. The van der Waals surface area contributed by atoms with Gasteiger partial charge in [-0.05, 0) is 44.2 Å². The first-order valence-electron chi connectivity index (χ1n) is 7.15. The summed E-state index contributed by atoms with van der Waals surface area (Å²) >= 11 is 0. The molecule has 0 aliphatic rings. The second kappa shape index (κ2) is 9.04. The van der Waals surface area contributed by atoms with E-state index in [9.17, 15) is 18.4 Å². The third-order valence-electron chi connectivity index (χ3n) is 3.12. The van der Waals surface area contributed by atoms with Crippen molar-refractivity contribution < 1.29 is 28.2 Å². The van der Waals surface area contributed by atoms with Crippen LogP contribution in [0.1, 0.15) is 20.3 Å². The first kappa shape index (κ1) is 18.8. The zero-order chi connectivity index (χ0) is 17.4. The van der Waals surface area contributed by atoms with Gasteiger partial charge in [0.25, 0.3) is 0 Å². The van der Waals surface area contributed by atoms with E-state index in [1.165, 1.54) is 24.3 Å². The molecule has 0 aromatic heterocycles. The molecule has 128 valence electrons. The molecule has 0 aliphatic heterocycles. The maximum atomic E-state index is 12.2. The number of carboxylic acid groups (broad SMARTS) is 1. The van der Waals surface area contributed by atoms with E-state index in [1.807, 2.05) is 6.92 Å². The minimum atomic E-state index is -2.91. The first-order chi connectivity index (χ1) is 10.8. The number of hydrogen-bond acceptors (Lipinski definition) is 4. The number of amides is 1. The van der Waals surface area contributed by atoms with Crippen molar-refractivity contribution in [3.8, 4) is 5.75 Å². The third kappa shape index (κ3) is 6.60. The molecule has 0 heterocycles. The van der Waals surface area contributed by atoms with Crippen LogP contribution in [0, 0.1) is 0 Å². The minimum absolute atomic E-state index is 0.00969. The second-order valence-electron chi connectivity index (χ2n) is 4.93. The number of aliphatic carboxylic acids is 1. The van der Waals surface area contributed by atoms with Crippen molar-refractivity contribution in [3.05, 3.63) is 24.3 Å². The topological polar surface area (TPSA) is 78.9 Å². The van der Waals surface area contributed by atoms with Gasteiger partial charge in [0, 0.05) is 5.69 Å². The maximum absolute atomic E-state index is 12.2. The van der Waals surface area contributed by atoms with Gasteiger partial charge >= 0.3 is 12.6 Å². The molecule has 1 unspecified atom stereocenters. The second-order valence-corrected chi connectivity index (χ2v) is 4.93. The molecule has 1 aromatic carbocycles. The highest BCUT2D eigenvalue weighted by Crippen LogP contribution is 2.18. The number of carbonyl (C=O) groups excluding carboxylic acids is 1. The normalized spacial score (nSPS) is 12.3. The molecule has 0 bridgehead atoms. The van der Waals surface area contributed by atoms with Gasteiger partial charge in [-0.3, -0.25) is 14.5 Å². The molecule has 0 spiro atoms. The van der Waals surface area contributed by atoms with Gasteiger partial charge in [-0.25, -0.2) is 0 Å². The van der Waals surface area contributed by atoms with Crippen molar-refractivity contribution in [3.63, 3.8) is 0 Å². The summed E-state index contributed by atoms with van der Waals surface area (Å²) in [6.45, 7) is 0.837. The summed E-state index contributed by atoms with van der Waals surface area (Å²) in [5.41, 5.74) is 0.412. The average Bonchev–Trinajstić information content (AvgIpc) is 2.47. The highest BCUT2D eigenvalue weighted by Gasteiger charge is 2.22. The summed E-state index contributed by atoms with van der Waals surface area (Å²) in [5.74, 6) is -1.39. The van der Waals surface area contributed by atoms with Crippen LogP contribution < -0.4 is 10.1 Å². The van der Waals surface area contributed by atoms with E-state index in [0.717, 1.165) is 0 Å². The van der Waals surface area contributed by atoms with Crippen LogP contribution in [0.25, 0.3) is 0 Å². The zero-order valence-electron chi connectivity index (χ0n) is 13.0. The highest BCUT2D eigenvalue weighted by atomic mass is 19.3. The van der Waals surface area contributed by atoms with Crippen molar-refractivity contribution >= 4 is 17.6 Å². The van der Waals surface area contributed by atoms with Crippen molar-refractivity contribution in [1.82, 2.24) is 4.90 Å². The van der Waals surface area contributed by atoms with Crippen LogP contribution in [0.3, 0.4) is 0 Å². The standard InChI is InChI=1S/C15H20F2N2O4/c1-3-8-19(9-13(20)21)10(2)14(22)18-11-4-6-12(7-5-11)23-15(16)17/h4-7,10,15H,3,8-9H2,1-2H3,(H,18,22)(H,20,21). The Kier molecular flexibility index (Phi) is 7.40. The van der Waals surface area contributed by atoms with Gasteiger partial charge in [-0.2, -0.15) is 8.78 Å². The van der Waals surface area contributed by atoms with Gasteiger partial charge in [0.05, 0.1) is 12.6 Å². The van der Waals surface area contributed by atoms with Crippen LogP contribution in [-0.4, -0.2) is 47.6 Å². The first-order valence-corrected chi connectivity index (χ1v) is 7.15. The average molecular weight is 330 g/mol. The molecule has 1 rings (SSSR count). The molecule has 23 heavy (non-hydrogen) atoms. The number of ether oxygens (including phenoxy) is 1. The number of carboxylic acids is 1. The fourth-order valence-electron chi connectivity index (χ4n) is 2.00. The van der Waals surface area contributed by atoms with Crippen molar-refractivity contribution in [1.29, 1.82) is 0 Å². The van der Waals surface area contributed by atoms with E-state index in [1.54, 1.807) is 11.8 Å². The number of alkyl halides is 2. The Morgan fingerprint density at radius 1 is 1.30 bits per heavy atom. The molecule has 0 saturated carbocycles. The molecule has 0 fully saturated rings. The number of rotatable bonds is 9. The number of benzene rings is 1. The molecule has 0 radical (unpaired) electrons. The molecular weight excluding hydrogens is 310 g/mol. The Balaban J connectivity index is 2.67. The Labute approximate surface area is 133 Å². The number of halogens is 2. The number of carbonyl (C=O) groups is 2. The lowest BCUT2D eigenvalue weighted by Gasteiger charge is -2.26. The van der Waals surface area contributed by atoms with E-state index >= 15 is 0 Å². The Hall–Kier alpha value is -2.22. The van der Waals surface area contributed by atoms with Gasteiger partial charge in [0.1, 0.15) is 5.75 Å². The van der Waals surface area contributed by atoms with Gasteiger partial charge in [0.2, 0.25) is 5.91 Å². The molecule has 1 aromatic rings. The van der Waals surface area contributed by atoms with E-state index < -0.39 is 18.6 Å². The molecule has 1 atom stereocenters. The lowest BCUT2D eigenvalue weighted by Crippen LogP contribution is -2.44. The Bertz CT molecular complexity index is 523. The number of anilines is 1. The molecule has 2 N–H and O–H groups in total. The number of hydrogen-bond donors (Lipinski definition) is 2. The maximum Gasteiger partial charge on any atom is 0.387 e. The summed E-state index contributed by atoms with van der Waals surface area (Å²) in [7, 11) is 0. The number of nitrogens with one attached hydrogen (secondary N) is 1. The molecule has 0 aliphatic carbocycles. The van der Waals surface area contributed by atoms with Gasteiger partial charge in [-0.15, -0.1) is 0 Å². The molecule has 8 heteroatoms. The highest BCUT2D eigenvalue weighted by molar-refractivity contribution is 5.94. The quantitative estimate of drug-likeness (QED) is 0.727.